The average molecular weight is 269 g/mol. The SMILES string of the molecule is CNCC(C)C(=O)N1CCN(C(=O)CC(C)C)CC1. The summed E-state index contributed by atoms with van der Waals surface area (Å²) >= 11 is 0. The fourth-order valence-corrected chi connectivity index (χ4v) is 2.36. The van der Waals surface area contributed by atoms with E-state index in [2.05, 4.69) is 19.2 Å². The zero-order valence-corrected chi connectivity index (χ0v) is 12.6. The van der Waals surface area contributed by atoms with Gasteiger partial charge in [-0.15, -0.1) is 0 Å². The van der Waals surface area contributed by atoms with Gasteiger partial charge in [-0.2, -0.15) is 0 Å². The van der Waals surface area contributed by atoms with Crippen molar-refractivity contribution < 1.29 is 9.59 Å². The van der Waals surface area contributed by atoms with Gasteiger partial charge in [0.15, 0.2) is 0 Å². The van der Waals surface area contributed by atoms with Crippen LogP contribution in [0.3, 0.4) is 0 Å². The minimum Gasteiger partial charge on any atom is -0.339 e. The Kier molecular flexibility index (Phi) is 6.28. The zero-order chi connectivity index (χ0) is 14.4. The van der Waals surface area contributed by atoms with Crippen LogP contribution in [0.4, 0.5) is 0 Å². The summed E-state index contributed by atoms with van der Waals surface area (Å²) in [6, 6.07) is 0. The van der Waals surface area contributed by atoms with E-state index in [0.717, 1.165) is 0 Å². The molecule has 1 saturated heterocycles. The lowest BCUT2D eigenvalue weighted by atomic mass is 10.1. The van der Waals surface area contributed by atoms with Crippen molar-refractivity contribution in [1.82, 2.24) is 15.1 Å². The second-order valence-corrected chi connectivity index (χ2v) is 5.76. The van der Waals surface area contributed by atoms with Gasteiger partial charge in [0.25, 0.3) is 0 Å². The van der Waals surface area contributed by atoms with Gasteiger partial charge in [-0.1, -0.05) is 20.8 Å². The Balaban J connectivity index is 2.40. The molecule has 0 aromatic rings. The van der Waals surface area contributed by atoms with Crippen LogP contribution in [0.1, 0.15) is 27.2 Å². The number of piperazine rings is 1. The van der Waals surface area contributed by atoms with Crippen molar-refractivity contribution in [2.75, 3.05) is 39.8 Å². The second-order valence-electron chi connectivity index (χ2n) is 5.76. The largest absolute Gasteiger partial charge is 0.339 e. The van der Waals surface area contributed by atoms with Gasteiger partial charge in [-0.25, -0.2) is 0 Å². The zero-order valence-electron chi connectivity index (χ0n) is 12.6. The number of hydrogen-bond acceptors (Lipinski definition) is 3. The molecule has 0 bridgehead atoms. The average Bonchev–Trinajstić information content (AvgIpc) is 2.37. The monoisotopic (exact) mass is 269 g/mol. The summed E-state index contributed by atoms with van der Waals surface area (Å²) in [6.07, 6.45) is 0.601. The van der Waals surface area contributed by atoms with Crippen molar-refractivity contribution in [3.63, 3.8) is 0 Å². The highest BCUT2D eigenvalue weighted by Crippen LogP contribution is 2.10. The van der Waals surface area contributed by atoms with Gasteiger partial charge >= 0.3 is 0 Å². The van der Waals surface area contributed by atoms with Gasteiger partial charge in [0.1, 0.15) is 0 Å². The Bertz CT molecular complexity index is 310. The van der Waals surface area contributed by atoms with Gasteiger partial charge in [-0.3, -0.25) is 9.59 Å². The Morgan fingerprint density at radius 1 is 1.05 bits per heavy atom. The summed E-state index contributed by atoms with van der Waals surface area (Å²) in [6.45, 7) is 9.41. The number of carbonyl (C=O) groups excluding carboxylic acids is 2. The summed E-state index contributed by atoms with van der Waals surface area (Å²) < 4.78 is 0. The van der Waals surface area contributed by atoms with Crippen LogP contribution < -0.4 is 5.32 Å². The van der Waals surface area contributed by atoms with Crippen molar-refractivity contribution in [1.29, 1.82) is 0 Å². The lowest BCUT2D eigenvalue weighted by Gasteiger charge is -2.36. The van der Waals surface area contributed by atoms with Crippen LogP contribution in [0.15, 0.2) is 0 Å². The minimum atomic E-state index is 0.00270. The molecule has 1 N–H and O–H groups in total. The lowest BCUT2D eigenvalue weighted by Crippen LogP contribution is -2.52. The number of rotatable bonds is 5. The fraction of sp³-hybridized carbons (Fsp3) is 0.857. The second kappa shape index (κ2) is 7.48. The molecule has 0 radical (unpaired) electrons. The third-order valence-corrected chi connectivity index (χ3v) is 3.46. The Labute approximate surface area is 116 Å². The molecule has 0 spiro atoms. The lowest BCUT2D eigenvalue weighted by molar-refractivity contribution is -0.142. The topological polar surface area (TPSA) is 52.7 Å². The van der Waals surface area contributed by atoms with Gasteiger partial charge in [-0.05, 0) is 13.0 Å². The summed E-state index contributed by atoms with van der Waals surface area (Å²) in [5.41, 5.74) is 0. The van der Waals surface area contributed by atoms with Gasteiger partial charge in [0, 0.05) is 45.1 Å². The minimum absolute atomic E-state index is 0.00270. The summed E-state index contributed by atoms with van der Waals surface area (Å²) in [5, 5.41) is 3.02. The number of amides is 2. The van der Waals surface area contributed by atoms with E-state index in [-0.39, 0.29) is 17.7 Å². The third kappa shape index (κ3) is 4.82. The van der Waals surface area contributed by atoms with E-state index in [1.54, 1.807) is 0 Å². The molecule has 1 heterocycles. The molecule has 5 heteroatoms. The first-order chi connectivity index (χ1) is 8.95. The van der Waals surface area contributed by atoms with E-state index >= 15 is 0 Å². The van der Waals surface area contributed by atoms with Crippen LogP contribution in [0, 0.1) is 11.8 Å². The van der Waals surface area contributed by atoms with Crippen LogP contribution >= 0.6 is 0 Å². The van der Waals surface area contributed by atoms with Crippen LogP contribution in [-0.4, -0.2) is 61.4 Å². The number of nitrogens with one attached hydrogen (secondary N) is 1. The third-order valence-electron chi connectivity index (χ3n) is 3.46. The van der Waals surface area contributed by atoms with E-state index in [9.17, 15) is 9.59 Å². The quantitative estimate of drug-likeness (QED) is 0.793. The van der Waals surface area contributed by atoms with E-state index in [0.29, 0.717) is 45.1 Å². The summed E-state index contributed by atoms with van der Waals surface area (Å²) in [5.74, 6) is 0.793. The molecule has 0 aliphatic carbocycles. The molecule has 1 unspecified atom stereocenters. The highest BCUT2D eigenvalue weighted by Gasteiger charge is 2.26. The summed E-state index contributed by atoms with van der Waals surface area (Å²) in [7, 11) is 1.85. The first-order valence-corrected chi connectivity index (χ1v) is 7.16. The molecule has 110 valence electrons. The van der Waals surface area contributed by atoms with Crippen LogP contribution in [0.5, 0.6) is 0 Å². The molecule has 0 saturated carbocycles. The van der Waals surface area contributed by atoms with Crippen molar-refractivity contribution in [3.8, 4) is 0 Å². The van der Waals surface area contributed by atoms with Crippen LogP contribution in [-0.2, 0) is 9.59 Å². The molecule has 2 amide bonds. The molecular formula is C14H27N3O2. The molecule has 1 fully saturated rings. The first kappa shape index (κ1) is 16.0. The Morgan fingerprint density at radius 3 is 2.05 bits per heavy atom. The van der Waals surface area contributed by atoms with E-state index in [1.807, 2.05) is 23.8 Å². The van der Waals surface area contributed by atoms with E-state index < -0.39 is 0 Å². The van der Waals surface area contributed by atoms with Gasteiger partial charge in [0.05, 0.1) is 0 Å². The Hall–Kier alpha value is -1.10. The van der Waals surface area contributed by atoms with Gasteiger partial charge < -0.3 is 15.1 Å². The predicted molar refractivity (Wildman–Crippen MR) is 75.7 cm³/mol. The number of nitrogens with zero attached hydrogens (tertiary/aromatic N) is 2. The number of carbonyl (C=O) groups is 2. The molecule has 1 aliphatic heterocycles. The van der Waals surface area contributed by atoms with Crippen molar-refractivity contribution in [2.24, 2.45) is 11.8 Å². The van der Waals surface area contributed by atoms with Crippen molar-refractivity contribution in [3.05, 3.63) is 0 Å². The maximum absolute atomic E-state index is 12.1. The molecule has 1 rings (SSSR count). The van der Waals surface area contributed by atoms with Crippen LogP contribution in [0.25, 0.3) is 0 Å². The maximum Gasteiger partial charge on any atom is 0.226 e. The molecule has 1 aliphatic rings. The molecule has 19 heavy (non-hydrogen) atoms. The summed E-state index contributed by atoms with van der Waals surface area (Å²) in [4.78, 5) is 27.8. The number of hydrogen-bond donors (Lipinski definition) is 1. The van der Waals surface area contributed by atoms with Crippen molar-refractivity contribution >= 4 is 11.8 Å². The highest BCUT2D eigenvalue weighted by molar-refractivity contribution is 5.80. The van der Waals surface area contributed by atoms with E-state index in [4.69, 9.17) is 0 Å². The van der Waals surface area contributed by atoms with Gasteiger partial charge in [0.2, 0.25) is 11.8 Å². The molecule has 0 aromatic carbocycles. The highest BCUT2D eigenvalue weighted by atomic mass is 16.2. The van der Waals surface area contributed by atoms with Crippen molar-refractivity contribution in [2.45, 2.75) is 27.2 Å². The first-order valence-electron chi connectivity index (χ1n) is 7.16. The van der Waals surface area contributed by atoms with E-state index in [1.165, 1.54) is 0 Å². The molecular weight excluding hydrogens is 242 g/mol. The molecule has 0 aromatic heterocycles. The fourth-order valence-electron chi connectivity index (χ4n) is 2.36. The Morgan fingerprint density at radius 2 is 1.58 bits per heavy atom. The van der Waals surface area contributed by atoms with Crippen LogP contribution in [0.2, 0.25) is 0 Å². The predicted octanol–water partition coefficient (Wildman–Crippen LogP) is 0.559. The molecule has 1 atom stereocenters. The molecule has 5 nitrogen and oxygen atoms in total. The standard InChI is InChI=1S/C14H27N3O2/c1-11(2)9-13(18)16-5-7-17(8-6-16)14(19)12(3)10-15-4/h11-12,15H,5-10H2,1-4H3. The normalized spacial score (nSPS) is 17.7. The smallest absolute Gasteiger partial charge is 0.226 e. The maximum atomic E-state index is 12.1.